The number of aliphatic hydroxyl groups is 1. The van der Waals surface area contributed by atoms with Crippen LogP contribution in [-0.2, 0) is 19.1 Å². The minimum absolute atomic E-state index is 0.0682. The molecular formula is C54H96O5. The van der Waals surface area contributed by atoms with Crippen molar-refractivity contribution in [2.24, 2.45) is 0 Å². The minimum Gasteiger partial charge on any atom is -0.462 e. The molecule has 342 valence electrons. The van der Waals surface area contributed by atoms with E-state index in [0.29, 0.717) is 12.8 Å². The standard InChI is InChI=1S/C54H96O5/c1-3-5-7-9-11-13-15-17-18-19-20-21-22-23-24-25-26-27-28-29-30-31-32-33-34-35-36-37-39-41-43-45-47-49-54(57)59-52(50-55)51-58-53(56)48-46-44-42-40-38-16-14-12-10-8-6-4-2/h5,7,11-14,17-18,20-21,52,55H,3-4,6,8-10,15-16,19,22-51H2,1-2H3/b7-5-,13-11-,14-12-,18-17-,21-20-. The number of hydrogen-bond acceptors (Lipinski definition) is 5. The predicted octanol–water partition coefficient (Wildman–Crippen LogP) is 16.7. The number of allylic oxidation sites excluding steroid dienone is 10. The van der Waals surface area contributed by atoms with E-state index in [-0.39, 0.29) is 25.2 Å². The van der Waals surface area contributed by atoms with Crippen molar-refractivity contribution in [3.8, 4) is 0 Å². The zero-order valence-corrected chi connectivity index (χ0v) is 39.0. The molecule has 0 aromatic heterocycles. The minimum atomic E-state index is -0.773. The average molecular weight is 825 g/mol. The highest BCUT2D eigenvalue weighted by Crippen LogP contribution is 2.16. The van der Waals surface area contributed by atoms with E-state index in [0.717, 1.165) is 70.6 Å². The lowest BCUT2D eigenvalue weighted by Gasteiger charge is -2.15. The predicted molar refractivity (Wildman–Crippen MR) is 256 cm³/mol. The average Bonchev–Trinajstić information content (AvgIpc) is 3.24. The molecule has 1 unspecified atom stereocenters. The number of esters is 2. The second-order valence-corrected chi connectivity index (χ2v) is 16.9. The Hall–Kier alpha value is -2.40. The Morgan fingerprint density at radius 3 is 1.12 bits per heavy atom. The lowest BCUT2D eigenvalue weighted by atomic mass is 10.0. The van der Waals surface area contributed by atoms with Gasteiger partial charge in [0.25, 0.3) is 0 Å². The summed E-state index contributed by atoms with van der Waals surface area (Å²) in [6.45, 7) is 4.01. The first-order valence-corrected chi connectivity index (χ1v) is 25.3. The zero-order valence-electron chi connectivity index (χ0n) is 39.0. The molecule has 0 radical (unpaired) electrons. The van der Waals surface area contributed by atoms with E-state index in [9.17, 15) is 14.7 Å². The van der Waals surface area contributed by atoms with Crippen molar-refractivity contribution in [2.45, 2.75) is 258 Å². The van der Waals surface area contributed by atoms with E-state index in [1.165, 1.54) is 154 Å². The Labute approximate surface area is 366 Å². The maximum Gasteiger partial charge on any atom is 0.306 e. The summed E-state index contributed by atoms with van der Waals surface area (Å²) in [5.41, 5.74) is 0. The van der Waals surface area contributed by atoms with Crippen molar-refractivity contribution >= 4 is 11.9 Å². The Morgan fingerprint density at radius 1 is 0.407 bits per heavy atom. The Bertz CT molecular complexity index is 1020. The third-order valence-electron chi connectivity index (χ3n) is 11.0. The number of hydrogen-bond donors (Lipinski definition) is 1. The lowest BCUT2D eigenvalue weighted by Crippen LogP contribution is -2.28. The third kappa shape index (κ3) is 48.1. The molecule has 0 spiro atoms. The second-order valence-electron chi connectivity index (χ2n) is 16.9. The molecule has 5 heteroatoms. The molecular weight excluding hydrogens is 729 g/mol. The number of rotatable bonds is 46. The van der Waals surface area contributed by atoms with Crippen molar-refractivity contribution in [2.75, 3.05) is 13.2 Å². The third-order valence-corrected chi connectivity index (χ3v) is 11.0. The van der Waals surface area contributed by atoms with Gasteiger partial charge in [0.1, 0.15) is 6.61 Å². The highest BCUT2D eigenvalue weighted by atomic mass is 16.6. The summed E-state index contributed by atoms with van der Waals surface area (Å²) >= 11 is 0. The van der Waals surface area contributed by atoms with Crippen LogP contribution in [0.25, 0.3) is 0 Å². The summed E-state index contributed by atoms with van der Waals surface area (Å²) < 4.78 is 10.6. The fourth-order valence-corrected chi connectivity index (χ4v) is 7.25. The Balaban J connectivity index is 3.42. The topological polar surface area (TPSA) is 72.8 Å². The molecule has 5 nitrogen and oxygen atoms in total. The quantitative estimate of drug-likeness (QED) is 0.0376. The maximum atomic E-state index is 12.2. The van der Waals surface area contributed by atoms with Gasteiger partial charge in [-0.15, -0.1) is 0 Å². The summed E-state index contributed by atoms with van der Waals surface area (Å²) in [5.74, 6) is -0.594. The van der Waals surface area contributed by atoms with Gasteiger partial charge in [-0.25, -0.2) is 0 Å². The number of unbranched alkanes of at least 4 members (excludes halogenated alkanes) is 28. The maximum absolute atomic E-state index is 12.2. The normalized spacial score (nSPS) is 12.7. The monoisotopic (exact) mass is 825 g/mol. The molecule has 0 aliphatic rings. The number of ether oxygens (including phenoxy) is 2. The van der Waals surface area contributed by atoms with Gasteiger partial charge in [0.05, 0.1) is 6.61 Å². The second kappa shape index (κ2) is 50.0. The molecule has 0 rings (SSSR count). The van der Waals surface area contributed by atoms with Crippen LogP contribution in [0.15, 0.2) is 60.8 Å². The van der Waals surface area contributed by atoms with E-state index in [4.69, 9.17) is 9.47 Å². The molecule has 1 N–H and O–H groups in total. The van der Waals surface area contributed by atoms with Crippen molar-refractivity contribution in [3.63, 3.8) is 0 Å². The molecule has 1 atom stereocenters. The number of aliphatic hydroxyl groups excluding tert-OH is 1. The first-order valence-electron chi connectivity index (χ1n) is 25.3. The first-order chi connectivity index (χ1) is 29.1. The summed E-state index contributed by atoms with van der Waals surface area (Å²) in [5, 5.41) is 9.59. The van der Waals surface area contributed by atoms with Gasteiger partial charge in [-0.1, -0.05) is 222 Å². The van der Waals surface area contributed by atoms with Gasteiger partial charge in [-0.05, 0) is 77.0 Å². The van der Waals surface area contributed by atoms with Crippen LogP contribution in [0.5, 0.6) is 0 Å². The van der Waals surface area contributed by atoms with Crippen LogP contribution in [-0.4, -0.2) is 36.4 Å². The van der Waals surface area contributed by atoms with Crippen LogP contribution in [0, 0.1) is 0 Å². The number of carbonyl (C=O) groups excluding carboxylic acids is 2. The zero-order chi connectivity index (χ0) is 42.8. The molecule has 59 heavy (non-hydrogen) atoms. The van der Waals surface area contributed by atoms with Gasteiger partial charge in [0.15, 0.2) is 6.10 Å². The van der Waals surface area contributed by atoms with Crippen LogP contribution in [0.1, 0.15) is 251 Å². The fraction of sp³-hybridized carbons (Fsp3) is 0.778. The summed E-state index contributed by atoms with van der Waals surface area (Å²) in [6.07, 6.45) is 66.2. The molecule has 0 saturated heterocycles. The SMILES string of the molecule is CC/C=C\C/C=C\C/C=C\C/C=C\CCCCCCCCCCCCCCCCCCCCCCC(=O)OC(CO)COC(=O)CCCCCCC/C=C\CCCCC. The summed E-state index contributed by atoms with van der Waals surface area (Å²) in [6, 6.07) is 0. The molecule has 0 heterocycles. The molecule has 0 aliphatic heterocycles. The molecule has 0 bridgehead atoms. The van der Waals surface area contributed by atoms with Crippen LogP contribution in [0.2, 0.25) is 0 Å². The van der Waals surface area contributed by atoms with E-state index in [1.807, 2.05) is 0 Å². The molecule has 0 fully saturated rings. The van der Waals surface area contributed by atoms with E-state index < -0.39 is 6.10 Å². The highest BCUT2D eigenvalue weighted by molar-refractivity contribution is 5.70. The van der Waals surface area contributed by atoms with Crippen LogP contribution >= 0.6 is 0 Å². The van der Waals surface area contributed by atoms with Crippen molar-refractivity contribution < 1.29 is 24.2 Å². The molecule has 0 saturated carbocycles. The Kier molecular flexibility index (Phi) is 47.9. The highest BCUT2D eigenvalue weighted by Gasteiger charge is 2.16. The van der Waals surface area contributed by atoms with Gasteiger partial charge >= 0.3 is 11.9 Å². The largest absolute Gasteiger partial charge is 0.462 e. The molecule has 0 aromatic rings. The van der Waals surface area contributed by atoms with Crippen LogP contribution in [0.3, 0.4) is 0 Å². The number of carbonyl (C=O) groups is 2. The molecule has 0 aliphatic carbocycles. The fourth-order valence-electron chi connectivity index (χ4n) is 7.25. The molecule has 0 amide bonds. The van der Waals surface area contributed by atoms with Gasteiger partial charge in [0.2, 0.25) is 0 Å². The van der Waals surface area contributed by atoms with Gasteiger partial charge in [-0.3, -0.25) is 9.59 Å². The van der Waals surface area contributed by atoms with E-state index >= 15 is 0 Å². The van der Waals surface area contributed by atoms with Gasteiger partial charge in [-0.2, -0.15) is 0 Å². The van der Waals surface area contributed by atoms with E-state index in [2.05, 4.69) is 74.6 Å². The lowest BCUT2D eigenvalue weighted by molar-refractivity contribution is -0.161. The van der Waals surface area contributed by atoms with Gasteiger partial charge in [0, 0.05) is 12.8 Å². The van der Waals surface area contributed by atoms with Crippen molar-refractivity contribution in [1.82, 2.24) is 0 Å². The summed E-state index contributed by atoms with van der Waals surface area (Å²) in [4.78, 5) is 24.3. The van der Waals surface area contributed by atoms with Gasteiger partial charge < -0.3 is 14.6 Å². The Morgan fingerprint density at radius 2 is 0.729 bits per heavy atom. The van der Waals surface area contributed by atoms with E-state index in [1.54, 1.807) is 0 Å². The first kappa shape index (κ1) is 56.6. The molecule has 0 aromatic carbocycles. The van der Waals surface area contributed by atoms with Crippen LogP contribution < -0.4 is 0 Å². The van der Waals surface area contributed by atoms with Crippen LogP contribution in [0.4, 0.5) is 0 Å². The smallest absolute Gasteiger partial charge is 0.306 e. The van der Waals surface area contributed by atoms with Crippen molar-refractivity contribution in [1.29, 1.82) is 0 Å². The van der Waals surface area contributed by atoms with Crippen molar-refractivity contribution in [3.05, 3.63) is 60.8 Å². The summed E-state index contributed by atoms with van der Waals surface area (Å²) in [7, 11) is 0.